The molecule has 2 aromatic rings. The minimum absolute atomic E-state index is 0.0762. The van der Waals surface area contributed by atoms with Crippen molar-refractivity contribution in [1.29, 1.82) is 0 Å². The number of carbonyl (C=O) groups is 3. The molecule has 1 saturated heterocycles. The number of rotatable bonds is 10. The zero-order chi connectivity index (χ0) is 22.2. The van der Waals surface area contributed by atoms with Gasteiger partial charge in [-0.2, -0.15) is 0 Å². The highest BCUT2D eigenvalue weighted by molar-refractivity contribution is 8.15. The molecule has 7 heteroatoms. The van der Waals surface area contributed by atoms with Crippen molar-refractivity contribution in [3.63, 3.8) is 0 Å². The smallest absolute Gasteiger partial charge is 0.293 e. The van der Waals surface area contributed by atoms with E-state index in [1.165, 1.54) is 15.4 Å². The number of carbonyl (C=O) groups excluding carboxylic acids is 3. The maximum absolute atomic E-state index is 12.9. The predicted octanol–water partition coefficient (Wildman–Crippen LogP) is 4.01. The standard InChI is InChI=1S/C24H28N2O4S/c1-2-3-7-18-10-12-20(13-11-18)26-23(29)21(31-24(26)30)16-22(28)25(14-15-27)17-19-8-5-4-6-9-19/h4-6,8-13,21,27H,2-3,7,14-17H2,1H3. The quantitative estimate of drug-likeness (QED) is 0.604. The van der Waals surface area contributed by atoms with E-state index in [1.807, 2.05) is 42.5 Å². The average molecular weight is 441 g/mol. The molecule has 1 heterocycles. The first-order valence-electron chi connectivity index (χ1n) is 10.6. The molecule has 1 aliphatic heterocycles. The van der Waals surface area contributed by atoms with E-state index in [9.17, 15) is 19.5 Å². The second-order valence-corrected chi connectivity index (χ2v) is 8.70. The highest BCUT2D eigenvalue weighted by atomic mass is 32.2. The second-order valence-electron chi connectivity index (χ2n) is 7.54. The van der Waals surface area contributed by atoms with E-state index in [2.05, 4.69) is 6.92 Å². The second kappa shape index (κ2) is 11.1. The monoisotopic (exact) mass is 440 g/mol. The number of aliphatic hydroxyl groups is 1. The van der Waals surface area contributed by atoms with Gasteiger partial charge in [0.2, 0.25) is 11.8 Å². The predicted molar refractivity (Wildman–Crippen MR) is 123 cm³/mol. The van der Waals surface area contributed by atoms with Gasteiger partial charge < -0.3 is 10.0 Å². The van der Waals surface area contributed by atoms with E-state index in [0.717, 1.165) is 36.6 Å². The van der Waals surface area contributed by atoms with Crippen molar-refractivity contribution in [2.24, 2.45) is 0 Å². The molecule has 0 saturated carbocycles. The van der Waals surface area contributed by atoms with E-state index in [0.29, 0.717) is 12.2 Å². The Labute approximate surface area is 187 Å². The largest absolute Gasteiger partial charge is 0.395 e. The molecule has 164 valence electrons. The number of benzene rings is 2. The fourth-order valence-corrected chi connectivity index (χ4v) is 4.49. The molecule has 2 aromatic carbocycles. The summed E-state index contributed by atoms with van der Waals surface area (Å²) in [5.41, 5.74) is 2.65. The molecule has 1 aliphatic rings. The Kier molecular flexibility index (Phi) is 8.26. The Morgan fingerprint density at radius 3 is 2.42 bits per heavy atom. The van der Waals surface area contributed by atoms with Crippen LogP contribution in [-0.4, -0.2) is 45.5 Å². The van der Waals surface area contributed by atoms with Crippen molar-refractivity contribution in [2.75, 3.05) is 18.1 Å². The van der Waals surface area contributed by atoms with Gasteiger partial charge in [0.25, 0.3) is 5.24 Å². The number of aryl methyl sites for hydroxylation is 1. The van der Waals surface area contributed by atoms with Gasteiger partial charge in [0.1, 0.15) is 5.25 Å². The summed E-state index contributed by atoms with van der Waals surface area (Å²) in [6.45, 7) is 2.49. The summed E-state index contributed by atoms with van der Waals surface area (Å²) in [4.78, 5) is 41.0. The van der Waals surface area contributed by atoms with Gasteiger partial charge in [-0.05, 0) is 47.9 Å². The Morgan fingerprint density at radius 2 is 1.77 bits per heavy atom. The summed E-state index contributed by atoms with van der Waals surface area (Å²) in [6.07, 6.45) is 3.09. The molecule has 0 aliphatic carbocycles. The van der Waals surface area contributed by atoms with Crippen LogP contribution in [-0.2, 0) is 22.6 Å². The molecular formula is C24H28N2O4S. The Bertz CT molecular complexity index is 902. The number of aliphatic hydroxyl groups excluding tert-OH is 1. The summed E-state index contributed by atoms with van der Waals surface area (Å²) in [5.74, 6) is -0.623. The molecule has 31 heavy (non-hydrogen) atoms. The number of imide groups is 1. The molecule has 3 amide bonds. The minimum Gasteiger partial charge on any atom is -0.395 e. The maximum Gasteiger partial charge on any atom is 0.293 e. The van der Waals surface area contributed by atoms with E-state index in [4.69, 9.17) is 0 Å². The number of amides is 3. The van der Waals surface area contributed by atoms with E-state index in [-0.39, 0.29) is 36.6 Å². The average Bonchev–Trinajstić information content (AvgIpc) is 3.05. The highest BCUT2D eigenvalue weighted by Crippen LogP contribution is 2.34. The topological polar surface area (TPSA) is 77.9 Å². The zero-order valence-corrected chi connectivity index (χ0v) is 18.5. The SMILES string of the molecule is CCCCc1ccc(N2C(=O)SC(CC(=O)N(CCO)Cc3ccccc3)C2=O)cc1. The van der Waals surface area contributed by atoms with E-state index < -0.39 is 5.25 Å². The molecule has 0 radical (unpaired) electrons. The summed E-state index contributed by atoms with van der Waals surface area (Å²) in [7, 11) is 0. The lowest BCUT2D eigenvalue weighted by Gasteiger charge is -2.23. The molecule has 1 N–H and O–H groups in total. The third-order valence-corrected chi connectivity index (χ3v) is 6.27. The molecule has 6 nitrogen and oxygen atoms in total. The van der Waals surface area contributed by atoms with Crippen molar-refractivity contribution in [1.82, 2.24) is 4.90 Å². The molecule has 0 bridgehead atoms. The first kappa shape index (κ1) is 23.0. The van der Waals surface area contributed by atoms with Gasteiger partial charge in [0, 0.05) is 19.5 Å². The van der Waals surface area contributed by atoms with Crippen LogP contribution in [0.4, 0.5) is 10.5 Å². The molecule has 1 atom stereocenters. The first-order valence-corrected chi connectivity index (χ1v) is 11.5. The molecular weight excluding hydrogens is 412 g/mol. The number of nitrogens with zero attached hydrogens (tertiary/aromatic N) is 2. The van der Waals surface area contributed by atoms with Crippen molar-refractivity contribution < 1.29 is 19.5 Å². The van der Waals surface area contributed by atoms with Gasteiger partial charge in [-0.15, -0.1) is 0 Å². The summed E-state index contributed by atoms with van der Waals surface area (Å²) < 4.78 is 0. The number of hydrogen-bond acceptors (Lipinski definition) is 5. The first-order chi connectivity index (χ1) is 15.0. The van der Waals surface area contributed by atoms with Gasteiger partial charge in [-0.1, -0.05) is 55.8 Å². The van der Waals surface area contributed by atoms with Crippen LogP contribution in [0, 0.1) is 0 Å². The fourth-order valence-electron chi connectivity index (χ4n) is 3.52. The van der Waals surface area contributed by atoms with Crippen LogP contribution in [0.25, 0.3) is 0 Å². The Hall–Kier alpha value is -2.64. The van der Waals surface area contributed by atoms with Gasteiger partial charge in [0.05, 0.1) is 12.3 Å². The third-order valence-electron chi connectivity index (χ3n) is 5.23. The molecule has 1 fully saturated rings. The lowest BCUT2D eigenvalue weighted by molar-refractivity contribution is -0.133. The van der Waals surface area contributed by atoms with Gasteiger partial charge >= 0.3 is 0 Å². The number of anilines is 1. The van der Waals surface area contributed by atoms with Crippen LogP contribution in [0.3, 0.4) is 0 Å². The lowest BCUT2D eigenvalue weighted by atomic mass is 10.1. The fraction of sp³-hybridized carbons (Fsp3) is 0.375. The summed E-state index contributed by atoms with van der Waals surface area (Å²) >= 11 is 0.892. The van der Waals surface area contributed by atoms with E-state index >= 15 is 0 Å². The normalized spacial score (nSPS) is 16.1. The third kappa shape index (κ3) is 5.95. The highest BCUT2D eigenvalue weighted by Gasteiger charge is 2.42. The van der Waals surface area contributed by atoms with Crippen LogP contribution in [0.2, 0.25) is 0 Å². The van der Waals surface area contributed by atoms with Gasteiger partial charge in [-0.3, -0.25) is 14.4 Å². The van der Waals surface area contributed by atoms with Crippen molar-refractivity contribution >= 4 is 34.5 Å². The maximum atomic E-state index is 12.9. The Balaban J connectivity index is 1.65. The number of thioether (sulfide) groups is 1. The van der Waals surface area contributed by atoms with Crippen molar-refractivity contribution in [2.45, 2.75) is 44.4 Å². The molecule has 1 unspecified atom stereocenters. The van der Waals surface area contributed by atoms with E-state index in [1.54, 1.807) is 12.1 Å². The van der Waals surface area contributed by atoms with Crippen LogP contribution >= 0.6 is 11.8 Å². The summed E-state index contributed by atoms with van der Waals surface area (Å²) in [5, 5.41) is 8.24. The lowest BCUT2D eigenvalue weighted by Crippen LogP contribution is -2.37. The van der Waals surface area contributed by atoms with Crippen molar-refractivity contribution in [3.05, 3.63) is 65.7 Å². The van der Waals surface area contributed by atoms with Crippen LogP contribution in [0.15, 0.2) is 54.6 Å². The van der Waals surface area contributed by atoms with Crippen LogP contribution < -0.4 is 4.90 Å². The molecule has 0 aromatic heterocycles. The van der Waals surface area contributed by atoms with Gasteiger partial charge in [-0.25, -0.2) is 4.90 Å². The molecule has 0 spiro atoms. The minimum atomic E-state index is -0.753. The molecule has 3 rings (SSSR count). The zero-order valence-electron chi connectivity index (χ0n) is 17.7. The van der Waals surface area contributed by atoms with Crippen molar-refractivity contribution in [3.8, 4) is 0 Å². The number of unbranched alkanes of at least 4 members (excludes halogenated alkanes) is 1. The summed E-state index contributed by atoms with van der Waals surface area (Å²) in [6, 6.07) is 16.9. The van der Waals surface area contributed by atoms with Crippen LogP contribution in [0.1, 0.15) is 37.3 Å². The Morgan fingerprint density at radius 1 is 1.06 bits per heavy atom. The number of hydrogen-bond donors (Lipinski definition) is 1. The van der Waals surface area contributed by atoms with Crippen LogP contribution in [0.5, 0.6) is 0 Å². The van der Waals surface area contributed by atoms with Gasteiger partial charge in [0.15, 0.2) is 0 Å².